The number of hydrogen-bond acceptors (Lipinski definition) is 3. The van der Waals surface area contributed by atoms with Crippen LogP contribution in [-0.2, 0) is 6.42 Å². The third kappa shape index (κ3) is 3.28. The standard InChI is InChI=1S/C14H14FN3O/c1-2-11-6-9(7-13(16)17-11)14(19)18-12-5-3-4-10(15)8-12/h3-8H,2H2,1H3,(H2,16,17)(H,18,19). The molecule has 19 heavy (non-hydrogen) atoms. The van der Waals surface area contributed by atoms with Crippen LogP contribution in [-0.4, -0.2) is 10.9 Å². The molecule has 0 aliphatic rings. The first-order valence-corrected chi connectivity index (χ1v) is 5.92. The molecular formula is C14H14FN3O. The van der Waals surface area contributed by atoms with Gasteiger partial charge in [-0.05, 0) is 36.8 Å². The number of nitrogen functional groups attached to an aromatic ring is 1. The predicted octanol–water partition coefficient (Wildman–Crippen LogP) is 2.62. The van der Waals surface area contributed by atoms with Crippen LogP contribution in [0, 0.1) is 5.82 Å². The maximum Gasteiger partial charge on any atom is 0.255 e. The van der Waals surface area contributed by atoms with Gasteiger partial charge in [0.15, 0.2) is 0 Å². The molecule has 0 atom stereocenters. The Morgan fingerprint density at radius 2 is 2.16 bits per heavy atom. The summed E-state index contributed by atoms with van der Waals surface area (Å²) in [7, 11) is 0. The lowest BCUT2D eigenvalue weighted by Crippen LogP contribution is -2.13. The largest absolute Gasteiger partial charge is 0.384 e. The van der Waals surface area contributed by atoms with Crippen molar-refractivity contribution in [2.45, 2.75) is 13.3 Å². The molecule has 1 heterocycles. The van der Waals surface area contributed by atoms with Crippen molar-refractivity contribution in [2.75, 3.05) is 11.1 Å². The van der Waals surface area contributed by atoms with E-state index in [1.54, 1.807) is 12.1 Å². The highest BCUT2D eigenvalue weighted by Gasteiger charge is 2.09. The highest BCUT2D eigenvalue weighted by atomic mass is 19.1. The van der Waals surface area contributed by atoms with Crippen LogP contribution >= 0.6 is 0 Å². The fourth-order valence-electron chi connectivity index (χ4n) is 1.69. The molecule has 4 nitrogen and oxygen atoms in total. The van der Waals surface area contributed by atoms with Gasteiger partial charge in [-0.1, -0.05) is 13.0 Å². The molecule has 1 aromatic heterocycles. The van der Waals surface area contributed by atoms with Gasteiger partial charge < -0.3 is 11.1 Å². The van der Waals surface area contributed by atoms with Gasteiger partial charge in [0, 0.05) is 16.9 Å². The van der Waals surface area contributed by atoms with Crippen molar-refractivity contribution in [1.29, 1.82) is 0 Å². The highest BCUT2D eigenvalue weighted by Crippen LogP contribution is 2.13. The Hall–Kier alpha value is -2.43. The number of carbonyl (C=O) groups is 1. The molecule has 2 aromatic rings. The van der Waals surface area contributed by atoms with Crippen LogP contribution in [0.3, 0.4) is 0 Å². The summed E-state index contributed by atoms with van der Waals surface area (Å²) < 4.78 is 13.0. The molecule has 0 bridgehead atoms. The minimum absolute atomic E-state index is 0.295. The van der Waals surface area contributed by atoms with E-state index in [-0.39, 0.29) is 5.91 Å². The monoisotopic (exact) mass is 259 g/mol. The minimum atomic E-state index is -0.402. The molecule has 0 saturated carbocycles. The number of rotatable bonds is 3. The van der Waals surface area contributed by atoms with E-state index in [0.717, 1.165) is 5.69 Å². The number of amides is 1. The van der Waals surface area contributed by atoms with Gasteiger partial charge in [-0.2, -0.15) is 0 Å². The van der Waals surface area contributed by atoms with Crippen molar-refractivity contribution in [3.8, 4) is 0 Å². The fourth-order valence-corrected chi connectivity index (χ4v) is 1.69. The van der Waals surface area contributed by atoms with Crippen LogP contribution in [0.15, 0.2) is 36.4 Å². The molecule has 98 valence electrons. The number of halogens is 1. The third-order valence-electron chi connectivity index (χ3n) is 2.61. The van der Waals surface area contributed by atoms with Gasteiger partial charge in [0.25, 0.3) is 5.91 Å². The summed E-state index contributed by atoms with van der Waals surface area (Å²) in [5, 5.41) is 2.62. The van der Waals surface area contributed by atoms with Gasteiger partial charge in [0.05, 0.1) is 0 Å². The average molecular weight is 259 g/mol. The molecule has 2 rings (SSSR count). The summed E-state index contributed by atoms with van der Waals surface area (Å²) in [5.41, 5.74) is 7.19. The van der Waals surface area contributed by atoms with Gasteiger partial charge in [-0.25, -0.2) is 9.37 Å². The first kappa shape index (κ1) is 13.0. The summed E-state index contributed by atoms with van der Waals surface area (Å²) >= 11 is 0. The predicted molar refractivity (Wildman–Crippen MR) is 72.4 cm³/mol. The van der Waals surface area contributed by atoms with Crippen molar-refractivity contribution in [1.82, 2.24) is 4.98 Å². The summed E-state index contributed by atoms with van der Waals surface area (Å²) in [6.45, 7) is 1.93. The summed E-state index contributed by atoms with van der Waals surface area (Å²) in [6.07, 6.45) is 0.686. The Morgan fingerprint density at radius 1 is 1.37 bits per heavy atom. The van der Waals surface area contributed by atoms with Crippen molar-refractivity contribution in [3.05, 3.63) is 53.5 Å². The lowest BCUT2D eigenvalue weighted by atomic mass is 10.1. The van der Waals surface area contributed by atoms with Gasteiger partial charge in [0.1, 0.15) is 11.6 Å². The number of nitrogens with zero attached hydrogens (tertiary/aromatic N) is 1. The molecule has 0 aliphatic heterocycles. The highest BCUT2D eigenvalue weighted by molar-refractivity contribution is 6.04. The zero-order valence-corrected chi connectivity index (χ0v) is 10.5. The molecule has 0 saturated heterocycles. The molecule has 0 fully saturated rings. The first-order valence-electron chi connectivity index (χ1n) is 5.92. The number of carbonyl (C=O) groups excluding carboxylic acids is 1. The average Bonchev–Trinajstić information content (AvgIpc) is 2.38. The number of nitrogens with two attached hydrogens (primary N) is 1. The number of anilines is 2. The zero-order valence-electron chi connectivity index (χ0n) is 10.5. The van der Waals surface area contributed by atoms with E-state index in [9.17, 15) is 9.18 Å². The molecule has 0 unspecified atom stereocenters. The Morgan fingerprint density at radius 3 is 2.84 bits per heavy atom. The number of nitrogens with one attached hydrogen (secondary N) is 1. The van der Waals surface area contributed by atoms with Crippen molar-refractivity contribution in [3.63, 3.8) is 0 Å². The number of pyridine rings is 1. The van der Waals surface area contributed by atoms with Crippen molar-refractivity contribution in [2.24, 2.45) is 0 Å². The Balaban J connectivity index is 2.22. The first-order chi connectivity index (χ1) is 9.08. The fraction of sp³-hybridized carbons (Fsp3) is 0.143. The number of benzene rings is 1. The zero-order chi connectivity index (χ0) is 13.8. The lowest BCUT2D eigenvalue weighted by molar-refractivity contribution is 0.102. The van der Waals surface area contributed by atoms with Crippen molar-refractivity contribution < 1.29 is 9.18 Å². The maximum atomic E-state index is 13.0. The Bertz CT molecular complexity index is 613. The molecule has 0 radical (unpaired) electrons. The molecule has 0 aliphatic carbocycles. The maximum absolute atomic E-state index is 13.0. The van der Waals surface area contributed by atoms with E-state index in [2.05, 4.69) is 10.3 Å². The number of aryl methyl sites for hydroxylation is 1. The van der Waals surface area contributed by atoms with E-state index in [4.69, 9.17) is 5.73 Å². The van der Waals surface area contributed by atoms with Crippen LogP contribution in [0.4, 0.5) is 15.9 Å². The second-order valence-electron chi connectivity index (χ2n) is 4.09. The van der Waals surface area contributed by atoms with E-state index in [1.165, 1.54) is 24.3 Å². The summed E-state index contributed by atoms with van der Waals surface area (Å²) in [5.74, 6) is -0.445. The normalized spacial score (nSPS) is 10.2. The molecule has 5 heteroatoms. The van der Waals surface area contributed by atoms with E-state index in [1.807, 2.05) is 6.92 Å². The van der Waals surface area contributed by atoms with Gasteiger partial charge >= 0.3 is 0 Å². The molecule has 0 spiro atoms. The lowest BCUT2D eigenvalue weighted by Gasteiger charge is -2.07. The number of hydrogen-bond donors (Lipinski definition) is 2. The smallest absolute Gasteiger partial charge is 0.255 e. The quantitative estimate of drug-likeness (QED) is 0.890. The second kappa shape index (κ2) is 5.48. The van der Waals surface area contributed by atoms with Gasteiger partial charge in [-0.3, -0.25) is 4.79 Å². The van der Waals surface area contributed by atoms with Gasteiger partial charge in [0.2, 0.25) is 0 Å². The van der Waals surface area contributed by atoms with Crippen LogP contribution < -0.4 is 11.1 Å². The third-order valence-corrected chi connectivity index (χ3v) is 2.61. The SMILES string of the molecule is CCc1cc(C(=O)Nc2cccc(F)c2)cc(N)n1. The number of aromatic nitrogens is 1. The molecular weight excluding hydrogens is 245 g/mol. The topological polar surface area (TPSA) is 68.0 Å². The van der Waals surface area contributed by atoms with E-state index < -0.39 is 5.82 Å². The van der Waals surface area contributed by atoms with Crippen LogP contribution in [0.5, 0.6) is 0 Å². The van der Waals surface area contributed by atoms with Gasteiger partial charge in [-0.15, -0.1) is 0 Å². The van der Waals surface area contributed by atoms with E-state index >= 15 is 0 Å². The van der Waals surface area contributed by atoms with Crippen LogP contribution in [0.25, 0.3) is 0 Å². The summed E-state index contributed by atoms with van der Waals surface area (Å²) in [4.78, 5) is 16.1. The Labute approximate surface area is 110 Å². The van der Waals surface area contributed by atoms with E-state index in [0.29, 0.717) is 23.5 Å². The second-order valence-corrected chi connectivity index (χ2v) is 4.09. The Kier molecular flexibility index (Phi) is 3.75. The minimum Gasteiger partial charge on any atom is -0.384 e. The van der Waals surface area contributed by atoms with Crippen LogP contribution in [0.2, 0.25) is 0 Å². The van der Waals surface area contributed by atoms with Crippen LogP contribution in [0.1, 0.15) is 23.0 Å². The molecule has 1 amide bonds. The van der Waals surface area contributed by atoms with Crippen molar-refractivity contribution >= 4 is 17.4 Å². The summed E-state index contributed by atoms with van der Waals surface area (Å²) in [6, 6.07) is 8.88. The molecule has 3 N–H and O–H groups in total. The molecule has 1 aromatic carbocycles.